The van der Waals surface area contributed by atoms with Gasteiger partial charge in [-0.1, -0.05) is 6.42 Å². The first-order valence-electron chi connectivity index (χ1n) is 12.0. The predicted molar refractivity (Wildman–Crippen MR) is 132 cm³/mol. The van der Waals surface area contributed by atoms with Gasteiger partial charge >= 0.3 is 0 Å². The van der Waals surface area contributed by atoms with Crippen LogP contribution < -0.4 is 19.7 Å². The number of halogens is 1. The molecule has 1 N–H and O–H groups in total. The maximum Gasteiger partial charge on any atom is 0.229 e. The Hall–Kier alpha value is -3.95. The Morgan fingerprint density at radius 2 is 1.89 bits per heavy atom. The van der Waals surface area contributed by atoms with Gasteiger partial charge in [-0.2, -0.15) is 0 Å². The van der Waals surface area contributed by atoms with E-state index in [0.29, 0.717) is 28.6 Å². The van der Waals surface area contributed by atoms with Gasteiger partial charge in [0.15, 0.2) is 17.3 Å². The third kappa shape index (κ3) is 4.50. The van der Waals surface area contributed by atoms with Crippen molar-refractivity contribution in [1.82, 2.24) is 14.8 Å². The first-order valence-corrected chi connectivity index (χ1v) is 12.0. The predicted octanol–water partition coefficient (Wildman–Crippen LogP) is 3.82. The van der Waals surface area contributed by atoms with Crippen LogP contribution >= 0.6 is 0 Å². The highest BCUT2D eigenvalue weighted by Crippen LogP contribution is 2.34. The zero-order valence-corrected chi connectivity index (χ0v) is 20.3. The summed E-state index contributed by atoms with van der Waals surface area (Å²) in [6, 6.07) is 9.69. The molecule has 1 fully saturated rings. The molecule has 0 radical (unpaired) electrons. The number of methoxy groups -OCH3 is 2. The molecule has 0 saturated carbocycles. The Bertz CT molecular complexity index is 1310. The number of benzene rings is 2. The largest absolute Gasteiger partial charge is 0.493 e. The fourth-order valence-electron chi connectivity index (χ4n) is 4.82. The summed E-state index contributed by atoms with van der Waals surface area (Å²) < 4.78 is 27.3. The Kier molecular flexibility index (Phi) is 6.58. The van der Waals surface area contributed by atoms with Gasteiger partial charge in [0, 0.05) is 43.2 Å². The Balaban J connectivity index is 1.33. The third-order valence-electron chi connectivity index (χ3n) is 6.77. The quantitative estimate of drug-likeness (QED) is 0.561. The summed E-state index contributed by atoms with van der Waals surface area (Å²) in [6.45, 7) is 0.992. The molecule has 2 aromatic carbocycles. The topological polar surface area (TPSA) is 98.6 Å². The van der Waals surface area contributed by atoms with E-state index in [1.807, 2.05) is 0 Å². The summed E-state index contributed by atoms with van der Waals surface area (Å²) in [7, 11) is 3.05. The van der Waals surface area contributed by atoms with Crippen LogP contribution in [0, 0.1) is 11.7 Å². The van der Waals surface area contributed by atoms with Crippen LogP contribution in [0.2, 0.25) is 0 Å². The van der Waals surface area contributed by atoms with Gasteiger partial charge < -0.3 is 24.3 Å². The number of aryl methyl sites for hydroxylation is 1. The minimum Gasteiger partial charge on any atom is -0.493 e. The van der Waals surface area contributed by atoms with Crippen LogP contribution in [0.4, 0.5) is 15.8 Å². The van der Waals surface area contributed by atoms with E-state index in [1.165, 1.54) is 25.2 Å². The standard InChI is InChI=1S/C26H28FN5O4/c1-35-21-10-8-18(14-22(21)36-2)32-15-17(13-24(32)33)26(34)28-20-12-16(7-9-19(20)27)25-30-29-23-6-4-3-5-11-31(23)25/h7-10,12,14,17H,3-6,11,13,15H2,1-2H3,(H,28,34). The molecule has 1 atom stereocenters. The molecule has 1 unspecified atom stereocenters. The van der Waals surface area contributed by atoms with E-state index in [9.17, 15) is 14.0 Å². The molecule has 3 aromatic rings. The number of hydrogen-bond acceptors (Lipinski definition) is 6. The molecule has 1 aromatic heterocycles. The maximum atomic E-state index is 14.7. The fraction of sp³-hybridized carbons (Fsp3) is 0.385. The van der Waals surface area contributed by atoms with Gasteiger partial charge in [-0.05, 0) is 43.2 Å². The summed E-state index contributed by atoms with van der Waals surface area (Å²) in [5.41, 5.74) is 1.34. The molecular formula is C26H28FN5O4. The van der Waals surface area contributed by atoms with Crippen molar-refractivity contribution >= 4 is 23.2 Å². The number of carbonyl (C=O) groups excluding carboxylic acids is 2. The molecule has 0 aliphatic carbocycles. The van der Waals surface area contributed by atoms with Crippen molar-refractivity contribution < 1.29 is 23.5 Å². The van der Waals surface area contributed by atoms with Crippen molar-refractivity contribution in [2.45, 2.75) is 38.6 Å². The van der Waals surface area contributed by atoms with Crippen LogP contribution in [0.1, 0.15) is 31.5 Å². The van der Waals surface area contributed by atoms with Gasteiger partial charge in [0.25, 0.3) is 0 Å². The number of nitrogens with zero attached hydrogens (tertiary/aromatic N) is 4. The van der Waals surface area contributed by atoms with Gasteiger partial charge in [-0.3, -0.25) is 9.59 Å². The average molecular weight is 494 g/mol. The lowest BCUT2D eigenvalue weighted by Gasteiger charge is -2.18. The van der Waals surface area contributed by atoms with E-state index in [1.54, 1.807) is 30.3 Å². The summed E-state index contributed by atoms with van der Waals surface area (Å²) in [6.07, 6.45) is 4.13. The molecule has 1 saturated heterocycles. The zero-order chi connectivity index (χ0) is 25.2. The minimum absolute atomic E-state index is 0.0270. The molecule has 9 nitrogen and oxygen atoms in total. The van der Waals surface area contributed by atoms with Crippen LogP contribution in [0.15, 0.2) is 36.4 Å². The Morgan fingerprint density at radius 3 is 2.69 bits per heavy atom. The van der Waals surface area contributed by atoms with E-state index < -0.39 is 17.6 Å². The minimum atomic E-state index is -0.627. The molecule has 2 aliphatic rings. The molecule has 0 spiro atoms. The molecule has 5 rings (SSSR count). The number of rotatable bonds is 6. The smallest absolute Gasteiger partial charge is 0.229 e. The van der Waals surface area contributed by atoms with Gasteiger partial charge in [-0.25, -0.2) is 4.39 Å². The van der Waals surface area contributed by atoms with Crippen molar-refractivity contribution in [3.8, 4) is 22.9 Å². The van der Waals surface area contributed by atoms with Gasteiger partial charge in [0.1, 0.15) is 11.6 Å². The van der Waals surface area contributed by atoms with E-state index in [0.717, 1.165) is 38.1 Å². The number of fused-ring (bicyclic) bond motifs is 1. The fourth-order valence-corrected chi connectivity index (χ4v) is 4.82. The highest BCUT2D eigenvalue weighted by atomic mass is 19.1. The van der Waals surface area contributed by atoms with Crippen molar-refractivity contribution in [2.24, 2.45) is 5.92 Å². The number of amides is 2. The van der Waals surface area contributed by atoms with Crippen LogP contribution in [-0.4, -0.2) is 47.3 Å². The average Bonchev–Trinajstić information content (AvgIpc) is 3.40. The molecule has 10 heteroatoms. The van der Waals surface area contributed by atoms with Crippen molar-refractivity contribution in [1.29, 1.82) is 0 Å². The van der Waals surface area contributed by atoms with Crippen LogP contribution in [0.25, 0.3) is 11.4 Å². The number of hydrogen-bond donors (Lipinski definition) is 1. The van der Waals surface area contributed by atoms with Crippen LogP contribution in [-0.2, 0) is 22.6 Å². The number of ether oxygens (including phenoxy) is 2. The van der Waals surface area contributed by atoms with Crippen LogP contribution in [0.5, 0.6) is 11.5 Å². The van der Waals surface area contributed by atoms with Crippen molar-refractivity contribution in [2.75, 3.05) is 31.0 Å². The van der Waals surface area contributed by atoms with Crippen molar-refractivity contribution in [3.05, 3.63) is 48.0 Å². The summed E-state index contributed by atoms with van der Waals surface area (Å²) >= 11 is 0. The molecule has 0 bridgehead atoms. The number of anilines is 2. The van der Waals surface area contributed by atoms with Gasteiger partial charge in [0.2, 0.25) is 11.8 Å². The van der Waals surface area contributed by atoms with E-state index in [4.69, 9.17) is 9.47 Å². The number of aromatic nitrogens is 3. The highest BCUT2D eigenvalue weighted by molar-refractivity contribution is 6.03. The van der Waals surface area contributed by atoms with E-state index in [-0.39, 0.29) is 24.6 Å². The monoisotopic (exact) mass is 493 g/mol. The zero-order valence-electron chi connectivity index (χ0n) is 20.3. The number of nitrogens with one attached hydrogen (secondary N) is 1. The maximum absolute atomic E-state index is 14.7. The van der Waals surface area contributed by atoms with Crippen molar-refractivity contribution in [3.63, 3.8) is 0 Å². The van der Waals surface area contributed by atoms with E-state index in [2.05, 4.69) is 20.1 Å². The van der Waals surface area contributed by atoms with Gasteiger partial charge in [-0.15, -0.1) is 10.2 Å². The normalized spacial score (nSPS) is 17.5. The van der Waals surface area contributed by atoms with Gasteiger partial charge in [0.05, 0.1) is 25.8 Å². The lowest BCUT2D eigenvalue weighted by molar-refractivity contribution is -0.122. The second-order valence-electron chi connectivity index (χ2n) is 9.03. The first kappa shape index (κ1) is 23.8. The van der Waals surface area contributed by atoms with Crippen LogP contribution in [0.3, 0.4) is 0 Å². The third-order valence-corrected chi connectivity index (χ3v) is 6.77. The Morgan fingerprint density at radius 1 is 1.06 bits per heavy atom. The molecule has 2 aliphatic heterocycles. The Labute approximate surface area is 208 Å². The first-order chi connectivity index (χ1) is 17.5. The summed E-state index contributed by atoms with van der Waals surface area (Å²) in [4.78, 5) is 27.3. The SMILES string of the molecule is COc1ccc(N2CC(C(=O)Nc3cc(-c4nnc5n4CCCCC5)ccc3F)CC2=O)cc1OC. The lowest BCUT2D eigenvalue weighted by atomic mass is 10.1. The summed E-state index contributed by atoms with van der Waals surface area (Å²) in [5, 5.41) is 11.3. The molecule has 3 heterocycles. The molecular weight excluding hydrogens is 465 g/mol. The highest BCUT2D eigenvalue weighted by Gasteiger charge is 2.36. The van der Waals surface area contributed by atoms with E-state index >= 15 is 0 Å². The molecule has 36 heavy (non-hydrogen) atoms. The molecule has 2 amide bonds. The summed E-state index contributed by atoms with van der Waals surface area (Å²) in [5.74, 6) is 0.838. The second kappa shape index (κ2) is 9.96. The number of carbonyl (C=O) groups is 2. The lowest BCUT2D eigenvalue weighted by Crippen LogP contribution is -2.28. The second-order valence-corrected chi connectivity index (χ2v) is 9.03. The molecule has 188 valence electrons.